The number of rotatable bonds is 9. The Morgan fingerprint density at radius 1 is 0.976 bits per heavy atom. The number of anilines is 1. The maximum Gasteiger partial charge on any atom is 0.416 e. The van der Waals surface area contributed by atoms with Crippen LogP contribution in [0.3, 0.4) is 0 Å². The molecule has 12 heteroatoms. The first-order chi connectivity index (χ1) is 19.6. The molecule has 1 heterocycles. The number of aliphatic imine (C=N–C) groups is 1. The predicted molar refractivity (Wildman–Crippen MR) is 151 cm³/mol. The third-order valence-corrected chi connectivity index (χ3v) is 7.45. The molecule has 1 saturated heterocycles. The van der Waals surface area contributed by atoms with E-state index in [0.717, 1.165) is 29.5 Å². The Balaban J connectivity index is 1.62. The summed E-state index contributed by atoms with van der Waals surface area (Å²) in [6.07, 6.45) is -4.29. The van der Waals surface area contributed by atoms with Crippen molar-refractivity contribution in [1.82, 2.24) is 4.90 Å². The molecule has 0 aromatic heterocycles. The molecule has 0 spiro atoms. The van der Waals surface area contributed by atoms with Gasteiger partial charge in [0.15, 0.2) is 16.7 Å². The van der Waals surface area contributed by atoms with Crippen LogP contribution in [0.15, 0.2) is 71.7 Å². The number of hydrogen-bond acceptors (Lipinski definition) is 7. The number of nitrogens with zero attached hydrogens (tertiary/aromatic N) is 2. The van der Waals surface area contributed by atoms with Crippen molar-refractivity contribution >= 4 is 40.1 Å². The van der Waals surface area contributed by atoms with E-state index < -0.39 is 22.9 Å². The van der Waals surface area contributed by atoms with Crippen molar-refractivity contribution < 1.29 is 37.0 Å². The molecule has 216 valence electrons. The van der Waals surface area contributed by atoms with Gasteiger partial charge in [0.05, 0.1) is 38.3 Å². The zero-order valence-electron chi connectivity index (χ0n) is 22.5. The molecule has 1 N–H and O–H groups in total. The van der Waals surface area contributed by atoms with Crippen LogP contribution in [0, 0.1) is 0 Å². The fourth-order valence-electron chi connectivity index (χ4n) is 4.16. The summed E-state index contributed by atoms with van der Waals surface area (Å²) in [5.74, 6) is 0.688. The van der Waals surface area contributed by atoms with Crippen molar-refractivity contribution in [3.8, 4) is 17.2 Å². The SMILES string of the molecule is COc1ccccc1NC(=O)C1CC(=O)N(CCc2ccc(OC)c(OC)c2)C(=Nc2cccc(C(F)(F)F)c2)S1. The molecule has 3 aromatic rings. The van der Waals surface area contributed by atoms with Gasteiger partial charge in [0, 0.05) is 13.0 Å². The van der Waals surface area contributed by atoms with Crippen LogP contribution in [0.1, 0.15) is 17.5 Å². The molecule has 1 atom stereocenters. The first-order valence-electron chi connectivity index (χ1n) is 12.5. The molecule has 3 aromatic carbocycles. The minimum atomic E-state index is -4.56. The number of methoxy groups -OCH3 is 3. The van der Waals surface area contributed by atoms with Gasteiger partial charge in [0.2, 0.25) is 11.8 Å². The fourth-order valence-corrected chi connectivity index (χ4v) is 5.29. The highest BCUT2D eigenvalue weighted by molar-refractivity contribution is 8.15. The van der Waals surface area contributed by atoms with E-state index in [9.17, 15) is 22.8 Å². The van der Waals surface area contributed by atoms with Crippen LogP contribution in [0.5, 0.6) is 17.2 Å². The molecule has 0 bridgehead atoms. The molecule has 1 aliphatic rings. The number of halogens is 3. The summed E-state index contributed by atoms with van der Waals surface area (Å²) < 4.78 is 56.0. The number of carbonyl (C=O) groups is 2. The molecule has 0 radical (unpaired) electrons. The van der Waals surface area contributed by atoms with Crippen molar-refractivity contribution in [2.45, 2.75) is 24.3 Å². The Labute approximate surface area is 239 Å². The topological polar surface area (TPSA) is 89.5 Å². The number of nitrogens with one attached hydrogen (secondary N) is 1. The van der Waals surface area contributed by atoms with Crippen LogP contribution in [0.2, 0.25) is 0 Å². The summed E-state index contributed by atoms with van der Waals surface area (Å²) in [6, 6.07) is 16.7. The van der Waals surface area contributed by atoms with E-state index in [2.05, 4.69) is 10.3 Å². The van der Waals surface area contributed by atoms with Gasteiger partial charge in [-0.05, 0) is 54.4 Å². The highest BCUT2D eigenvalue weighted by Gasteiger charge is 2.36. The van der Waals surface area contributed by atoms with Gasteiger partial charge in [0.1, 0.15) is 11.0 Å². The highest BCUT2D eigenvalue weighted by atomic mass is 32.2. The van der Waals surface area contributed by atoms with Gasteiger partial charge in [-0.2, -0.15) is 13.2 Å². The number of thioether (sulfide) groups is 1. The lowest BCUT2D eigenvalue weighted by Gasteiger charge is -2.32. The Bertz CT molecular complexity index is 1450. The lowest BCUT2D eigenvalue weighted by molar-refractivity contribution is -0.137. The summed E-state index contributed by atoms with van der Waals surface area (Å²) >= 11 is 1.02. The summed E-state index contributed by atoms with van der Waals surface area (Å²) in [5.41, 5.74) is 0.418. The Kier molecular flexibility index (Phi) is 9.43. The van der Waals surface area contributed by atoms with E-state index in [1.165, 1.54) is 38.4 Å². The molecule has 1 fully saturated rings. The largest absolute Gasteiger partial charge is 0.495 e. The molecule has 41 heavy (non-hydrogen) atoms. The van der Waals surface area contributed by atoms with E-state index in [1.807, 2.05) is 6.07 Å². The second-order valence-electron chi connectivity index (χ2n) is 8.93. The molecule has 8 nitrogen and oxygen atoms in total. The average molecular weight is 588 g/mol. The van der Waals surface area contributed by atoms with Gasteiger partial charge in [-0.25, -0.2) is 4.99 Å². The van der Waals surface area contributed by atoms with Crippen LogP contribution < -0.4 is 19.5 Å². The minimum Gasteiger partial charge on any atom is -0.495 e. The second-order valence-corrected chi connectivity index (χ2v) is 10.1. The fraction of sp³-hybridized carbons (Fsp3) is 0.276. The van der Waals surface area contributed by atoms with Crippen molar-refractivity contribution in [3.63, 3.8) is 0 Å². The zero-order chi connectivity index (χ0) is 29.6. The van der Waals surface area contributed by atoms with Crippen molar-refractivity contribution in [2.75, 3.05) is 33.2 Å². The number of hydrogen-bond donors (Lipinski definition) is 1. The maximum atomic E-state index is 13.4. The zero-order valence-corrected chi connectivity index (χ0v) is 23.3. The second kappa shape index (κ2) is 13.0. The number of alkyl halides is 3. The van der Waals surface area contributed by atoms with Crippen LogP contribution in [0.4, 0.5) is 24.5 Å². The van der Waals surface area contributed by atoms with Gasteiger partial charge in [-0.1, -0.05) is 36.0 Å². The molecule has 2 amide bonds. The number of para-hydroxylation sites is 2. The van der Waals surface area contributed by atoms with Gasteiger partial charge in [-0.3, -0.25) is 14.5 Å². The number of amides is 2. The van der Waals surface area contributed by atoms with E-state index in [0.29, 0.717) is 29.4 Å². The molecular formula is C29H28F3N3O5S. The number of ether oxygens (including phenoxy) is 3. The summed E-state index contributed by atoms with van der Waals surface area (Å²) in [6.45, 7) is 0.181. The van der Waals surface area contributed by atoms with Gasteiger partial charge < -0.3 is 19.5 Å². The normalized spacial score (nSPS) is 16.4. The van der Waals surface area contributed by atoms with E-state index in [-0.39, 0.29) is 29.7 Å². The smallest absolute Gasteiger partial charge is 0.416 e. The number of amidine groups is 1. The van der Waals surface area contributed by atoms with Crippen molar-refractivity contribution in [1.29, 1.82) is 0 Å². The quantitative estimate of drug-likeness (QED) is 0.334. The first-order valence-corrected chi connectivity index (χ1v) is 13.4. The van der Waals surface area contributed by atoms with Gasteiger partial charge in [0.25, 0.3) is 0 Å². The van der Waals surface area contributed by atoms with E-state index >= 15 is 0 Å². The molecular weight excluding hydrogens is 559 g/mol. The first kappa shape index (κ1) is 29.8. The van der Waals surface area contributed by atoms with Crippen molar-refractivity contribution in [3.05, 3.63) is 77.9 Å². The summed E-state index contributed by atoms with van der Waals surface area (Å²) in [5, 5.41) is 2.04. The maximum absolute atomic E-state index is 13.4. The Morgan fingerprint density at radius 2 is 1.71 bits per heavy atom. The Morgan fingerprint density at radius 3 is 2.41 bits per heavy atom. The van der Waals surface area contributed by atoms with Gasteiger partial charge >= 0.3 is 6.18 Å². The highest BCUT2D eigenvalue weighted by Crippen LogP contribution is 2.35. The molecule has 0 aliphatic carbocycles. The molecule has 1 aliphatic heterocycles. The van der Waals surface area contributed by atoms with E-state index in [4.69, 9.17) is 14.2 Å². The molecule has 4 rings (SSSR count). The van der Waals surface area contributed by atoms with Crippen molar-refractivity contribution in [2.24, 2.45) is 4.99 Å². The number of carbonyl (C=O) groups excluding carboxylic acids is 2. The minimum absolute atomic E-state index is 0.0111. The monoisotopic (exact) mass is 587 g/mol. The van der Waals surface area contributed by atoms with Gasteiger partial charge in [-0.15, -0.1) is 0 Å². The van der Waals surface area contributed by atoms with Crippen LogP contribution in [-0.2, 0) is 22.2 Å². The third-order valence-electron chi connectivity index (χ3n) is 6.27. The lowest BCUT2D eigenvalue weighted by atomic mass is 10.1. The van der Waals surface area contributed by atoms with Crippen LogP contribution >= 0.6 is 11.8 Å². The summed E-state index contributed by atoms with van der Waals surface area (Å²) in [7, 11) is 4.51. The lowest BCUT2D eigenvalue weighted by Crippen LogP contribution is -2.46. The predicted octanol–water partition coefficient (Wildman–Crippen LogP) is 5.93. The average Bonchev–Trinajstić information content (AvgIpc) is 2.96. The standard InChI is InChI=1S/C29H28F3N3O5S/c1-38-22-10-5-4-9-21(22)34-27(37)25-17-26(36)35(14-13-18-11-12-23(39-2)24(15-18)40-3)28(41-25)33-20-8-6-7-19(16-20)29(30,31)32/h4-12,15-16,25H,13-14,17H2,1-3H3,(H,34,37). The van der Waals surface area contributed by atoms with Crippen LogP contribution in [0.25, 0.3) is 0 Å². The Hall–Kier alpha value is -4.19. The molecule has 0 saturated carbocycles. The van der Waals surface area contributed by atoms with Crippen LogP contribution in [-0.4, -0.2) is 55.0 Å². The molecule has 1 unspecified atom stereocenters. The third kappa shape index (κ3) is 7.31. The van der Waals surface area contributed by atoms with E-state index in [1.54, 1.807) is 36.4 Å². The summed E-state index contributed by atoms with van der Waals surface area (Å²) in [4.78, 5) is 32.4. The number of benzene rings is 3.